The number of primary amides is 1. The van der Waals surface area contributed by atoms with Gasteiger partial charge in [0, 0.05) is 27.1 Å². The number of nitrogens with two attached hydrogens (primary N) is 1. The Morgan fingerprint density at radius 2 is 2.05 bits per heavy atom. The lowest BCUT2D eigenvalue weighted by Crippen LogP contribution is -2.36. The van der Waals surface area contributed by atoms with Gasteiger partial charge in [0.2, 0.25) is 11.9 Å². The van der Waals surface area contributed by atoms with Gasteiger partial charge < -0.3 is 16.0 Å². The van der Waals surface area contributed by atoms with E-state index in [0.29, 0.717) is 18.9 Å². The van der Waals surface area contributed by atoms with Crippen LogP contribution in [-0.2, 0) is 18.9 Å². The molecule has 9 nitrogen and oxygen atoms in total. The van der Waals surface area contributed by atoms with Crippen LogP contribution in [0, 0.1) is 0 Å². The van der Waals surface area contributed by atoms with E-state index in [0.717, 1.165) is 4.57 Å². The van der Waals surface area contributed by atoms with Crippen LogP contribution in [0.25, 0.3) is 11.2 Å². The molecule has 9 heteroatoms. The number of amides is 1. The number of rotatable bonds is 5. The molecule has 0 saturated heterocycles. The zero-order valence-corrected chi connectivity index (χ0v) is 11.3. The molecule has 0 atom stereocenters. The molecule has 108 valence electrons. The second-order valence-electron chi connectivity index (χ2n) is 4.49. The Hall–Kier alpha value is -2.58. The third-order valence-electron chi connectivity index (χ3n) is 2.99. The van der Waals surface area contributed by atoms with E-state index in [9.17, 15) is 14.4 Å². The van der Waals surface area contributed by atoms with Gasteiger partial charge in [-0.05, 0) is 6.42 Å². The predicted molar refractivity (Wildman–Crippen MR) is 73.5 cm³/mol. The quantitative estimate of drug-likeness (QED) is 0.583. The number of carbonyl (C=O) groups excluding carboxylic acids is 1. The topological polar surface area (TPSA) is 128 Å². The highest BCUT2D eigenvalue weighted by Crippen LogP contribution is 2.08. The lowest BCUT2D eigenvalue weighted by molar-refractivity contribution is -0.118. The molecule has 2 aromatic rings. The van der Waals surface area contributed by atoms with Gasteiger partial charge in [-0.15, -0.1) is 0 Å². The standard InChI is InChI=1S/C11H16N6O3/c1-16-8-7(9(19)17(2)11(16)20)14-10(15-8)13-5-3-4-6(12)18/h3-5H2,1-2H3,(H2,12,18)(H2,13,14,15). The first-order valence-electron chi connectivity index (χ1n) is 6.09. The average molecular weight is 280 g/mol. The summed E-state index contributed by atoms with van der Waals surface area (Å²) in [5.74, 6) is 0.00967. The number of aromatic nitrogens is 4. The molecule has 0 saturated carbocycles. The average Bonchev–Trinajstić information content (AvgIpc) is 2.83. The SMILES string of the molecule is Cn1c(=O)c2[nH]c(NCCCC(N)=O)nc2n(C)c1=O. The Balaban J connectivity index is 2.28. The number of aryl methyl sites for hydroxylation is 1. The van der Waals surface area contributed by atoms with E-state index in [2.05, 4.69) is 15.3 Å². The summed E-state index contributed by atoms with van der Waals surface area (Å²) in [6, 6.07) is 0. The molecule has 0 spiro atoms. The highest BCUT2D eigenvalue weighted by atomic mass is 16.2. The van der Waals surface area contributed by atoms with Gasteiger partial charge in [0.05, 0.1) is 0 Å². The molecule has 2 heterocycles. The van der Waals surface area contributed by atoms with Gasteiger partial charge in [-0.25, -0.2) is 4.79 Å². The Labute approximate surface area is 113 Å². The molecule has 0 unspecified atom stereocenters. The van der Waals surface area contributed by atoms with E-state index in [1.165, 1.54) is 11.6 Å². The first-order valence-corrected chi connectivity index (χ1v) is 6.09. The fraction of sp³-hybridized carbons (Fsp3) is 0.455. The normalized spacial score (nSPS) is 10.9. The highest BCUT2D eigenvalue weighted by molar-refractivity contribution is 5.74. The number of anilines is 1. The lowest BCUT2D eigenvalue weighted by atomic mass is 10.3. The molecule has 4 N–H and O–H groups in total. The molecular weight excluding hydrogens is 264 g/mol. The van der Waals surface area contributed by atoms with Crippen LogP contribution in [0.15, 0.2) is 9.59 Å². The van der Waals surface area contributed by atoms with Gasteiger partial charge >= 0.3 is 5.69 Å². The minimum Gasteiger partial charge on any atom is -0.370 e. The summed E-state index contributed by atoms with van der Waals surface area (Å²) in [6.07, 6.45) is 0.830. The summed E-state index contributed by atoms with van der Waals surface area (Å²) in [5, 5.41) is 2.94. The molecule has 0 aliphatic heterocycles. The fourth-order valence-corrected chi connectivity index (χ4v) is 1.88. The highest BCUT2D eigenvalue weighted by Gasteiger charge is 2.12. The largest absolute Gasteiger partial charge is 0.370 e. The van der Waals surface area contributed by atoms with Crippen molar-refractivity contribution >= 4 is 23.0 Å². The maximum Gasteiger partial charge on any atom is 0.332 e. The van der Waals surface area contributed by atoms with Crippen LogP contribution in [0.1, 0.15) is 12.8 Å². The summed E-state index contributed by atoms with van der Waals surface area (Å²) in [6.45, 7) is 0.483. The van der Waals surface area contributed by atoms with Crippen molar-refractivity contribution in [3.05, 3.63) is 20.8 Å². The molecule has 1 amide bonds. The summed E-state index contributed by atoms with van der Waals surface area (Å²) in [5.41, 5.74) is 4.71. The maximum absolute atomic E-state index is 11.9. The number of aromatic amines is 1. The smallest absolute Gasteiger partial charge is 0.332 e. The second kappa shape index (κ2) is 5.19. The van der Waals surface area contributed by atoms with E-state index >= 15 is 0 Å². The van der Waals surface area contributed by atoms with Crippen LogP contribution >= 0.6 is 0 Å². The minimum absolute atomic E-state index is 0.256. The van der Waals surface area contributed by atoms with Gasteiger partial charge in [0.25, 0.3) is 5.56 Å². The lowest BCUT2D eigenvalue weighted by Gasteiger charge is -2.00. The zero-order chi connectivity index (χ0) is 14.9. The summed E-state index contributed by atoms with van der Waals surface area (Å²) >= 11 is 0. The van der Waals surface area contributed by atoms with E-state index < -0.39 is 11.2 Å². The Bertz CT molecular complexity index is 769. The number of nitrogens with one attached hydrogen (secondary N) is 2. The van der Waals surface area contributed by atoms with Crippen LogP contribution in [0.5, 0.6) is 0 Å². The molecule has 0 aromatic carbocycles. The number of imidazole rings is 1. The molecule has 0 aliphatic rings. The molecule has 2 aromatic heterocycles. The van der Waals surface area contributed by atoms with Crippen LogP contribution in [0.3, 0.4) is 0 Å². The summed E-state index contributed by atoms with van der Waals surface area (Å²) in [4.78, 5) is 41.3. The second-order valence-corrected chi connectivity index (χ2v) is 4.49. The van der Waals surface area contributed by atoms with Gasteiger partial charge in [-0.3, -0.25) is 18.7 Å². The van der Waals surface area contributed by atoms with Crippen molar-refractivity contribution in [1.29, 1.82) is 0 Å². The van der Waals surface area contributed by atoms with Crippen LogP contribution in [0.2, 0.25) is 0 Å². The Kier molecular flexibility index (Phi) is 3.59. The van der Waals surface area contributed by atoms with Gasteiger partial charge in [-0.2, -0.15) is 4.98 Å². The molecular formula is C11H16N6O3. The van der Waals surface area contributed by atoms with Crippen molar-refractivity contribution < 1.29 is 4.79 Å². The van der Waals surface area contributed by atoms with Gasteiger partial charge in [0.1, 0.15) is 0 Å². The molecule has 0 fully saturated rings. The van der Waals surface area contributed by atoms with Crippen LogP contribution < -0.4 is 22.3 Å². The third-order valence-corrected chi connectivity index (χ3v) is 2.99. The Morgan fingerprint density at radius 3 is 2.70 bits per heavy atom. The van der Waals surface area contributed by atoms with Crippen molar-refractivity contribution in [3.63, 3.8) is 0 Å². The molecule has 2 rings (SSSR count). The molecule has 0 radical (unpaired) electrons. The first-order chi connectivity index (χ1) is 9.41. The maximum atomic E-state index is 11.9. The van der Waals surface area contributed by atoms with Crippen molar-refractivity contribution in [1.82, 2.24) is 19.1 Å². The van der Waals surface area contributed by atoms with Crippen LogP contribution in [-0.4, -0.2) is 31.6 Å². The van der Waals surface area contributed by atoms with Crippen molar-refractivity contribution in [3.8, 4) is 0 Å². The monoisotopic (exact) mass is 280 g/mol. The predicted octanol–water partition coefficient (Wildman–Crippen LogP) is -1.36. The third kappa shape index (κ3) is 2.42. The molecule has 0 bridgehead atoms. The first kappa shape index (κ1) is 13.8. The minimum atomic E-state index is -0.436. The molecule has 20 heavy (non-hydrogen) atoms. The number of hydrogen-bond donors (Lipinski definition) is 3. The number of nitrogens with zero attached hydrogens (tertiary/aromatic N) is 3. The number of hydrogen-bond acceptors (Lipinski definition) is 5. The van der Waals surface area contributed by atoms with Crippen molar-refractivity contribution in [2.45, 2.75) is 12.8 Å². The number of H-pyrrole nitrogens is 1. The van der Waals surface area contributed by atoms with Crippen molar-refractivity contribution in [2.75, 3.05) is 11.9 Å². The van der Waals surface area contributed by atoms with E-state index in [1.54, 1.807) is 7.05 Å². The van der Waals surface area contributed by atoms with Crippen molar-refractivity contribution in [2.24, 2.45) is 19.8 Å². The fourth-order valence-electron chi connectivity index (χ4n) is 1.88. The van der Waals surface area contributed by atoms with E-state index in [-0.39, 0.29) is 23.5 Å². The van der Waals surface area contributed by atoms with Gasteiger partial charge in [0.15, 0.2) is 11.2 Å². The summed E-state index contributed by atoms with van der Waals surface area (Å²) in [7, 11) is 2.95. The van der Waals surface area contributed by atoms with Crippen LogP contribution in [0.4, 0.5) is 5.95 Å². The number of fused-ring (bicyclic) bond motifs is 1. The number of carbonyl (C=O) groups is 1. The van der Waals surface area contributed by atoms with E-state index in [1.807, 2.05) is 0 Å². The van der Waals surface area contributed by atoms with Gasteiger partial charge in [-0.1, -0.05) is 0 Å². The van der Waals surface area contributed by atoms with E-state index in [4.69, 9.17) is 5.73 Å². The zero-order valence-electron chi connectivity index (χ0n) is 11.3. The molecule has 0 aliphatic carbocycles. The summed E-state index contributed by atoms with van der Waals surface area (Å²) < 4.78 is 2.30. The Morgan fingerprint density at radius 1 is 1.35 bits per heavy atom.